The summed E-state index contributed by atoms with van der Waals surface area (Å²) in [6.07, 6.45) is 1.09. The van der Waals surface area contributed by atoms with Crippen molar-refractivity contribution in [2.75, 3.05) is 13.7 Å². The molecule has 0 radical (unpaired) electrons. The zero-order valence-electron chi connectivity index (χ0n) is 11.4. The molecule has 1 heterocycles. The zero-order chi connectivity index (χ0) is 15.6. The zero-order valence-corrected chi connectivity index (χ0v) is 11.4. The van der Waals surface area contributed by atoms with Crippen LogP contribution in [0.2, 0.25) is 0 Å². The van der Waals surface area contributed by atoms with Gasteiger partial charge in [-0.25, -0.2) is 13.6 Å². The summed E-state index contributed by atoms with van der Waals surface area (Å²) < 4.78 is 36.6. The molecule has 1 atom stereocenters. The number of ether oxygens (including phenoxy) is 2. The molecule has 112 valence electrons. The first-order valence-corrected chi connectivity index (χ1v) is 6.15. The molecule has 5 nitrogen and oxygen atoms in total. The van der Waals surface area contributed by atoms with Crippen molar-refractivity contribution in [3.05, 3.63) is 41.7 Å². The normalized spacial score (nSPS) is 15.7. The SMILES string of the molecule is COC(=O)C(C)N1CC(Oc2c(F)cccc2F)=CC1=O. The number of benzene rings is 1. The molecule has 1 amide bonds. The Bertz CT molecular complexity index is 595. The molecule has 0 fully saturated rings. The van der Waals surface area contributed by atoms with Gasteiger partial charge < -0.3 is 14.4 Å². The highest BCUT2D eigenvalue weighted by molar-refractivity contribution is 5.94. The number of methoxy groups -OCH3 is 1. The maximum atomic E-state index is 13.5. The van der Waals surface area contributed by atoms with E-state index in [0.717, 1.165) is 18.2 Å². The number of rotatable bonds is 4. The number of esters is 1. The fraction of sp³-hybridized carbons (Fsp3) is 0.286. The first kappa shape index (κ1) is 15.0. The number of amides is 1. The fourth-order valence-electron chi connectivity index (χ4n) is 1.91. The van der Waals surface area contributed by atoms with Crippen molar-refractivity contribution in [3.8, 4) is 5.75 Å². The van der Waals surface area contributed by atoms with Crippen LogP contribution >= 0.6 is 0 Å². The Kier molecular flexibility index (Phi) is 4.21. The predicted molar refractivity (Wildman–Crippen MR) is 68.3 cm³/mol. The van der Waals surface area contributed by atoms with Crippen molar-refractivity contribution in [3.63, 3.8) is 0 Å². The van der Waals surface area contributed by atoms with Crippen LogP contribution in [0.25, 0.3) is 0 Å². The van der Waals surface area contributed by atoms with E-state index in [1.165, 1.54) is 25.0 Å². The van der Waals surface area contributed by atoms with Gasteiger partial charge in [-0.1, -0.05) is 6.07 Å². The minimum atomic E-state index is -0.872. The van der Waals surface area contributed by atoms with Crippen molar-refractivity contribution < 1.29 is 27.8 Å². The Balaban J connectivity index is 2.13. The smallest absolute Gasteiger partial charge is 0.328 e. The Morgan fingerprint density at radius 1 is 1.33 bits per heavy atom. The Labute approximate surface area is 119 Å². The van der Waals surface area contributed by atoms with Gasteiger partial charge >= 0.3 is 5.97 Å². The molecule has 0 saturated carbocycles. The average molecular weight is 297 g/mol. The van der Waals surface area contributed by atoms with E-state index >= 15 is 0 Å². The summed E-state index contributed by atoms with van der Waals surface area (Å²) in [6, 6.07) is 2.48. The molecule has 0 spiro atoms. The summed E-state index contributed by atoms with van der Waals surface area (Å²) in [5.74, 6) is -3.34. The number of hydrogen-bond acceptors (Lipinski definition) is 4. The van der Waals surface area contributed by atoms with E-state index in [1.807, 2.05) is 0 Å². The lowest BCUT2D eigenvalue weighted by molar-refractivity contribution is -0.149. The summed E-state index contributed by atoms with van der Waals surface area (Å²) in [6.45, 7) is 1.42. The van der Waals surface area contributed by atoms with Crippen LogP contribution in [0.1, 0.15) is 6.92 Å². The topological polar surface area (TPSA) is 55.8 Å². The van der Waals surface area contributed by atoms with Gasteiger partial charge in [0.2, 0.25) is 0 Å². The first-order valence-electron chi connectivity index (χ1n) is 6.15. The van der Waals surface area contributed by atoms with Crippen molar-refractivity contribution in [2.45, 2.75) is 13.0 Å². The monoisotopic (exact) mass is 297 g/mol. The molecule has 1 unspecified atom stereocenters. The molecule has 0 N–H and O–H groups in total. The van der Waals surface area contributed by atoms with Gasteiger partial charge in [-0.05, 0) is 19.1 Å². The van der Waals surface area contributed by atoms with Gasteiger partial charge in [-0.3, -0.25) is 4.79 Å². The number of hydrogen-bond donors (Lipinski definition) is 0. The lowest BCUT2D eigenvalue weighted by Gasteiger charge is -2.22. The minimum Gasteiger partial charge on any atom is -0.467 e. The third kappa shape index (κ3) is 3.01. The van der Waals surface area contributed by atoms with E-state index in [9.17, 15) is 18.4 Å². The third-order valence-corrected chi connectivity index (χ3v) is 3.06. The minimum absolute atomic E-state index is 0.0553. The molecule has 1 aliphatic heterocycles. The van der Waals surface area contributed by atoms with E-state index in [-0.39, 0.29) is 12.3 Å². The molecule has 1 aliphatic rings. The van der Waals surface area contributed by atoms with Crippen LogP contribution in [-0.4, -0.2) is 36.5 Å². The lowest BCUT2D eigenvalue weighted by Crippen LogP contribution is -2.41. The maximum Gasteiger partial charge on any atom is 0.328 e. The van der Waals surface area contributed by atoms with Crippen LogP contribution in [0.3, 0.4) is 0 Å². The fourth-order valence-corrected chi connectivity index (χ4v) is 1.91. The second-order valence-corrected chi connectivity index (χ2v) is 4.43. The molecule has 1 aromatic rings. The standard InChI is InChI=1S/C14H13F2NO4/c1-8(14(19)20-2)17-7-9(6-12(17)18)21-13-10(15)4-3-5-11(13)16/h3-6,8H,7H2,1-2H3. The molecular weight excluding hydrogens is 284 g/mol. The van der Waals surface area contributed by atoms with Crippen LogP contribution in [0.15, 0.2) is 30.0 Å². The second kappa shape index (κ2) is 5.90. The Hall–Kier alpha value is -2.44. The van der Waals surface area contributed by atoms with Crippen LogP contribution in [0.5, 0.6) is 5.75 Å². The molecule has 7 heteroatoms. The van der Waals surface area contributed by atoms with Crippen molar-refractivity contribution in [2.24, 2.45) is 0 Å². The summed E-state index contributed by atoms with van der Waals surface area (Å²) in [7, 11) is 1.21. The van der Waals surface area contributed by atoms with Crippen molar-refractivity contribution in [1.82, 2.24) is 4.90 Å². The predicted octanol–water partition coefficient (Wildman–Crippen LogP) is 1.63. The van der Waals surface area contributed by atoms with Gasteiger partial charge in [0, 0.05) is 6.08 Å². The van der Waals surface area contributed by atoms with Crippen molar-refractivity contribution >= 4 is 11.9 Å². The van der Waals surface area contributed by atoms with Gasteiger partial charge in [0.05, 0.1) is 13.7 Å². The van der Waals surface area contributed by atoms with Crippen LogP contribution in [0.4, 0.5) is 8.78 Å². The highest BCUT2D eigenvalue weighted by atomic mass is 19.1. The lowest BCUT2D eigenvalue weighted by atomic mass is 10.3. The van der Waals surface area contributed by atoms with Gasteiger partial charge in [0.15, 0.2) is 17.4 Å². The number of carbonyl (C=O) groups excluding carboxylic acids is 2. The van der Waals surface area contributed by atoms with Crippen molar-refractivity contribution in [1.29, 1.82) is 0 Å². The Morgan fingerprint density at radius 3 is 2.52 bits per heavy atom. The number of carbonyl (C=O) groups is 2. The Morgan fingerprint density at radius 2 is 1.95 bits per heavy atom. The van der Waals surface area contributed by atoms with E-state index in [4.69, 9.17) is 4.74 Å². The summed E-state index contributed by atoms with van der Waals surface area (Å²) in [5, 5.41) is 0. The van der Waals surface area contributed by atoms with Crippen LogP contribution < -0.4 is 4.74 Å². The third-order valence-electron chi connectivity index (χ3n) is 3.06. The quantitative estimate of drug-likeness (QED) is 0.793. The molecule has 1 aromatic carbocycles. The molecule has 2 rings (SSSR count). The first-order chi connectivity index (χ1) is 9.93. The molecule has 0 bridgehead atoms. The van der Waals surface area contributed by atoms with Crippen LogP contribution in [0, 0.1) is 11.6 Å². The van der Waals surface area contributed by atoms with E-state index in [0.29, 0.717) is 0 Å². The number of para-hydroxylation sites is 1. The average Bonchev–Trinajstić information content (AvgIpc) is 2.82. The van der Waals surface area contributed by atoms with Gasteiger partial charge in [-0.2, -0.15) is 0 Å². The van der Waals surface area contributed by atoms with Crippen LogP contribution in [-0.2, 0) is 14.3 Å². The summed E-state index contributed by atoms with van der Waals surface area (Å²) in [5.41, 5.74) is 0. The molecular formula is C14H13F2NO4. The van der Waals surface area contributed by atoms with E-state index < -0.39 is 35.3 Å². The summed E-state index contributed by atoms with van der Waals surface area (Å²) in [4.78, 5) is 24.4. The highest BCUT2D eigenvalue weighted by Gasteiger charge is 2.32. The maximum absolute atomic E-state index is 13.5. The summed E-state index contributed by atoms with van der Waals surface area (Å²) >= 11 is 0. The van der Waals surface area contributed by atoms with Gasteiger partial charge in [-0.15, -0.1) is 0 Å². The van der Waals surface area contributed by atoms with E-state index in [2.05, 4.69) is 4.74 Å². The second-order valence-electron chi connectivity index (χ2n) is 4.43. The molecule has 0 aliphatic carbocycles. The largest absolute Gasteiger partial charge is 0.467 e. The van der Waals surface area contributed by atoms with E-state index in [1.54, 1.807) is 0 Å². The van der Waals surface area contributed by atoms with Gasteiger partial charge in [0.1, 0.15) is 11.8 Å². The van der Waals surface area contributed by atoms with Gasteiger partial charge in [0.25, 0.3) is 5.91 Å². The molecule has 0 aromatic heterocycles. The molecule has 21 heavy (non-hydrogen) atoms. The number of nitrogens with zero attached hydrogens (tertiary/aromatic N) is 1. The highest BCUT2D eigenvalue weighted by Crippen LogP contribution is 2.25. The number of halogens is 2. The molecule has 0 saturated heterocycles.